The van der Waals surface area contributed by atoms with Gasteiger partial charge in [0.15, 0.2) is 5.57 Å². The number of rotatable bonds is 14. The minimum atomic E-state index is -1.32. The Bertz CT molecular complexity index is 3870. The predicted octanol–water partition coefficient (Wildman–Crippen LogP) is 16.5. The highest BCUT2D eigenvalue weighted by molar-refractivity contribution is 7.19. The van der Waals surface area contributed by atoms with Gasteiger partial charge >= 0.3 is 5.97 Å². The number of aromatic nitrogens is 1. The fourth-order valence-electron chi connectivity index (χ4n) is 9.37. The van der Waals surface area contributed by atoms with Gasteiger partial charge in [-0.25, -0.2) is 9.78 Å². The van der Waals surface area contributed by atoms with Crippen molar-refractivity contribution < 1.29 is 18.7 Å². The topological polar surface area (TPSA) is 104 Å². The maximum Gasteiger partial charge on any atom is 0.349 e. The highest BCUT2D eigenvalue weighted by Crippen LogP contribution is 2.43. The lowest BCUT2D eigenvalue weighted by atomic mass is 9.78. The Balaban J connectivity index is 0.833. The summed E-state index contributed by atoms with van der Waals surface area (Å²) in [5, 5.41) is 19.2. The van der Waals surface area contributed by atoms with Gasteiger partial charge in [-0.15, -0.1) is 34.0 Å². The molecule has 75 heavy (non-hydrogen) atoms. The SMILES string of the molecule is CC(C)(c1ccccc1)c1ccc(N(c2ccc(-c3ccc(-c4ccc(-c5ccc(-c6ccc(C=c7s/c(=C(/C#N)C(=O)O)nc7-c7ccccc7)o6)s5)o4)s3)cc2)c2ccc(C(C)(C)c3ccccc3)cc2)cc1. The zero-order valence-corrected chi connectivity index (χ0v) is 44.0. The van der Waals surface area contributed by atoms with Crippen LogP contribution < -0.4 is 14.1 Å². The maximum atomic E-state index is 11.8. The summed E-state index contributed by atoms with van der Waals surface area (Å²) in [7, 11) is 0. The van der Waals surface area contributed by atoms with Crippen molar-refractivity contribution in [2.45, 2.75) is 38.5 Å². The fourth-order valence-corrected chi connectivity index (χ4v) is 12.3. The molecule has 0 radical (unpaired) electrons. The molecule has 366 valence electrons. The van der Waals surface area contributed by atoms with E-state index in [2.05, 4.69) is 183 Å². The molecule has 5 heterocycles. The molecule has 0 spiro atoms. The second-order valence-electron chi connectivity index (χ2n) is 19.2. The molecule has 6 aromatic carbocycles. The van der Waals surface area contributed by atoms with Gasteiger partial charge in [0, 0.05) is 44.4 Å². The van der Waals surface area contributed by atoms with E-state index >= 15 is 0 Å². The molecule has 0 saturated carbocycles. The van der Waals surface area contributed by atoms with E-state index in [9.17, 15) is 15.2 Å². The van der Waals surface area contributed by atoms with E-state index in [1.54, 1.807) is 28.7 Å². The summed E-state index contributed by atoms with van der Waals surface area (Å²) < 4.78 is 13.6. The number of carboxylic acid groups (broad SMARTS) is 1. The van der Waals surface area contributed by atoms with E-state index in [0.29, 0.717) is 21.7 Å². The summed E-state index contributed by atoms with van der Waals surface area (Å²) in [6, 6.07) is 75.6. The van der Waals surface area contributed by atoms with Gasteiger partial charge in [0.2, 0.25) is 0 Å². The molecular weight excluding hydrogens is 983 g/mol. The van der Waals surface area contributed by atoms with Crippen LogP contribution in [-0.2, 0) is 15.6 Å². The van der Waals surface area contributed by atoms with Crippen LogP contribution in [0.25, 0.3) is 65.3 Å². The molecule has 0 unspecified atom stereocenters. The van der Waals surface area contributed by atoms with Crippen molar-refractivity contribution >= 4 is 68.7 Å². The summed E-state index contributed by atoms with van der Waals surface area (Å²) in [4.78, 5) is 22.8. The lowest BCUT2D eigenvalue weighted by Crippen LogP contribution is -2.19. The third-order valence-corrected chi connectivity index (χ3v) is 17.1. The smallest absolute Gasteiger partial charge is 0.349 e. The molecule has 5 aromatic heterocycles. The first kappa shape index (κ1) is 48.7. The first-order chi connectivity index (χ1) is 36.4. The van der Waals surface area contributed by atoms with Crippen LogP contribution in [0.1, 0.15) is 55.7 Å². The molecule has 0 aliphatic heterocycles. The van der Waals surface area contributed by atoms with E-state index in [1.807, 2.05) is 72.8 Å². The number of benzene rings is 6. The highest BCUT2D eigenvalue weighted by atomic mass is 32.1. The molecule has 11 aromatic rings. The number of nitrogens with zero attached hydrogens (tertiary/aromatic N) is 3. The summed E-state index contributed by atoms with van der Waals surface area (Å²) >= 11 is 4.41. The van der Waals surface area contributed by atoms with E-state index in [-0.39, 0.29) is 15.5 Å². The summed E-state index contributed by atoms with van der Waals surface area (Å²) in [5.74, 6) is 1.50. The number of hydrogen-bond donors (Lipinski definition) is 1. The summed E-state index contributed by atoms with van der Waals surface area (Å²) in [5.41, 5.74) is 10.1. The van der Waals surface area contributed by atoms with Crippen LogP contribution in [0.2, 0.25) is 0 Å². The molecule has 0 bridgehead atoms. The number of aliphatic carboxylic acids is 1. The number of carboxylic acids is 1. The quantitative estimate of drug-likeness (QED) is 0.116. The first-order valence-corrected chi connectivity index (χ1v) is 26.9. The lowest BCUT2D eigenvalue weighted by molar-refractivity contribution is -0.130. The number of thiazole rings is 1. The Morgan fingerprint density at radius 3 is 1.43 bits per heavy atom. The number of hydrogen-bond acceptors (Lipinski definition) is 9. The number of furan rings is 2. The Morgan fingerprint density at radius 1 is 0.507 bits per heavy atom. The third kappa shape index (κ3) is 9.85. The van der Waals surface area contributed by atoms with Crippen LogP contribution >= 0.6 is 34.0 Å². The van der Waals surface area contributed by atoms with Crippen LogP contribution in [0.15, 0.2) is 221 Å². The summed E-state index contributed by atoms with van der Waals surface area (Å²) in [6.45, 7) is 9.13. The molecule has 1 N–H and O–H groups in total. The highest BCUT2D eigenvalue weighted by Gasteiger charge is 2.26. The van der Waals surface area contributed by atoms with Crippen LogP contribution in [0, 0.1) is 11.3 Å². The molecule has 0 aliphatic rings. The average Bonchev–Trinajstić information content (AvgIpc) is 4.32. The minimum Gasteiger partial charge on any atom is -0.477 e. The van der Waals surface area contributed by atoms with Gasteiger partial charge in [0.1, 0.15) is 33.8 Å². The standard InChI is InChI=1S/C65H49N3O4S3/c1-64(2,44-16-10-6-11-17-44)46-22-28-49(29-23-46)68(50-30-24-47(25-31-50)65(3,4)45-18-12-7-13-19-45)48-26-20-42(21-27-48)56-36-37-58(73-56)54-34-35-55(72-54)59-39-38-57(74-59)53-33-32-51(71-53)40-60-61(43-14-8-5-9-15-43)67-62(75-60)52(41-66)63(69)70/h5-40H,1-4H3,(H,69,70)/b60-40?,62-52-. The number of thiophene rings is 2. The van der Waals surface area contributed by atoms with Gasteiger partial charge in [-0.1, -0.05) is 155 Å². The number of carbonyl (C=O) groups is 1. The van der Waals surface area contributed by atoms with Gasteiger partial charge in [0.25, 0.3) is 0 Å². The molecule has 0 saturated heterocycles. The molecule has 10 heteroatoms. The van der Waals surface area contributed by atoms with E-state index < -0.39 is 11.5 Å². The van der Waals surface area contributed by atoms with Gasteiger partial charge in [0.05, 0.1) is 24.9 Å². The zero-order chi connectivity index (χ0) is 51.7. The predicted molar refractivity (Wildman–Crippen MR) is 307 cm³/mol. The lowest BCUT2D eigenvalue weighted by Gasteiger charge is -2.30. The maximum absolute atomic E-state index is 11.8. The van der Waals surface area contributed by atoms with Gasteiger partial charge < -0.3 is 18.8 Å². The van der Waals surface area contributed by atoms with Crippen molar-refractivity contribution in [1.82, 2.24) is 4.98 Å². The molecule has 11 rings (SSSR count). The van der Waals surface area contributed by atoms with Crippen molar-refractivity contribution in [3.63, 3.8) is 0 Å². The molecule has 0 atom stereocenters. The first-order valence-electron chi connectivity index (χ1n) is 24.5. The van der Waals surface area contributed by atoms with E-state index in [1.165, 1.54) is 22.3 Å². The van der Waals surface area contributed by atoms with Crippen LogP contribution in [-0.4, -0.2) is 16.1 Å². The van der Waals surface area contributed by atoms with E-state index in [4.69, 9.17) is 8.83 Å². The third-order valence-electron chi connectivity index (χ3n) is 13.8. The van der Waals surface area contributed by atoms with Crippen LogP contribution in [0.3, 0.4) is 0 Å². The normalized spacial score (nSPS) is 12.4. The second-order valence-corrected chi connectivity index (χ2v) is 22.4. The zero-order valence-electron chi connectivity index (χ0n) is 41.5. The van der Waals surface area contributed by atoms with Crippen LogP contribution in [0.4, 0.5) is 17.1 Å². The monoisotopic (exact) mass is 1030 g/mol. The molecular formula is C65H49N3O4S3. The Morgan fingerprint density at radius 2 is 0.933 bits per heavy atom. The van der Waals surface area contributed by atoms with Crippen molar-refractivity contribution in [3.8, 4) is 59.7 Å². The molecule has 0 amide bonds. The molecule has 7 nitrogen and oxygen atoms in total. The van der Waals surface area contributed by atoms with E-state index in [0.717, 1.165) is 70.6 Å². The van der Waals surface area contributed by atoms with Crippen molar-refractivity contribution in [3.05, 3.63) is 250 Å². The Labute approximate surface area is 447 Å². The second kappa shape index (κ2) is 20.4. The minimum absolute atomic E-state index is 0.140. The molecule has 0 fully saturated rings. The average molecular weight is 1030 g/mol. The number of nitriles is 1. The van der Waals surface area contributed by atoms with Crippen molar-refractivity contribution in [1.29, 1.82) is 5.26 Å². The number of anilines is 3. The fraction of sp³-hybridized carbons (Fsp3) is 0.0923. The van der Waals surface area contributed by atoms with Gasteiger partial charge in [-0.05, 0) is 113 Å². The van der Waals surface area contributed by atoms with Gasteiger partial charge in [-0.3, -0.25) is 0 Å². The van der Waals surface area contributed by atoms with Crippen molar-refractivity contribution in [2.24, 2.45) is 0 Å². The largest absolute Gasteiger partial charge is 0.477 e. The Kier molecular flexibility index (Phi) is 13.2. The summed E-state index contributed by atoms with van der Waals surface area (Å²) in [6.07, 6.45) is 1.83. The molecule has 0 aliphatic carbocycles. The van der Waals surface area contributed by atoms with Crippen molar-refractivity contribution in [2.75, 3.05) is 4.90 Å². The Hall–Kier alpha value is -8.59. The van der Waals surface area contributed by atoms with Crippen LogP contribution in [0.5, 0.6) is 0 Å². The van der Waals surface area contributed by atoms with Gasteiger partial charge in [-0.2, -0.15) is 5.26 Å².